The van der Waals surface area contributed by atoms with Crippen LogP contribution in [0.4, 0.5) is 9.93 Å². The number of nitrogens with zero attached hydrogens (tertiary/aromatic N) is 5. The Hall–Kier alpha value is -2.81. The third-order valence-corrected chi connectivity index (χ3v) is 4.08. The van der Waals surface area contributed by atoms with Gasteiger partial charge in [0.05, 0.1) is 6.33 Å². The second kappa shape index (κ2) is 7.64. The van der Waals surface area contributed by atoms with E-state index in [1.165, 1.54) is 11.3 Å². The molecule has 0 bridgehead atoms. The molecule has 0 spiro atoms. The van der Waals surface area contributed by atoms with Crippen molar-refractivity contribution in [2.45, 2.75) is 13.5 Å². The summed E-state index contributed by atoms with van der Waals surface area (Å²) in [4.78, 5) is 20.2. The second-order valence-corrected chi connectivity index (χ2v) is 6.30. The number of anilines is 1. The summed E-state index contributed by atoms with van der Waals surface area (Å²) in [7, 11) is 0. The fraction of sp³-hybridized carbons (Fsp3) is 0.267. The van der Waals surface area contributed by atoms with Crippen LogP contribution in [0.15, 0.2) is 43.1 Å². The van der Waals surface area contributed by atoms with Gasteiger partial charge in [-0.2, -0.15) is 0 Å². The molecule has 3 heterocycles. The molecule has 3 aromatic rings. The van der Waals surface area contributed by atoms with Crippen LogP contribution in [-0.4, -0.2) is 37.3 Å². The van der Waals surface area contributed by atoms with Gasteiger partial charge in [0.15, 0.2) is 5.01 Å². The second-order valence-electron chi connectivity index (χ2n) is 5.33. The van der Waals surface area contributed by atoms with E-state index in [4.69, 9.17) is 0 Å². The van der Waals surface area contributed by atoms with Gasteiger partial charge in [0.25, 0.3) is 0 Å². The minimum absolute atomic E-state index is 0.281. The zero-order valence-corrected chi connectivity index (χ0v) is 13.9. The van der Waals surface area contributed by atoms with E-state index in [-0.39, 0.29) is 11.9 Å². The Morgan fingerprint density at radius 3 is 3.00 bits per heavy atom. The van der Waals surface area contributed by atoms with Gasteiger partial charge in [-0.3, -0.25) is 10.3 Å². The molecule has 0 aliphatic carbocycles. The van der Waals surface area contributed by atoms with Gasteiger partial charge < -0.3 is 9.88 Å². The summed E-state index contributed by atoms with van der Waals surface area (Å²) in [5.74, 6) is 0.281. The van der Waals surface area contributed by atoms with Crippen molar-refractivity contribution in [3.8, 4) is 10.7 Å². The van der Waals surface area contributed by atoms with Gasteiger partial charge in [0.1, 0.15) is 5.69 Å². The first kappa shape index (κ1) is 16.1. The molecule has 24 heavy (non-hydrogen) atoms. The number of rotatable bonds is 6. The summed E-state index contributed by atoms with van der Waals surface area (Å²) in [5.41, 5.74) is 0.734. The van der Waals surface area contributed by atoms with Crippen molar-refractivity contribution in [2.24, 2.45) is 5.92 Å². The SMILES string of the molecule is C[C@H](CNC(=O)Nc1nnc(-c2ccccn2)s1)Cn1ccnc1. The van der Waals surface area contributed by atoms with E-state index in [0.29, 0.717) is 16.7 Å². The number of carbonyl (C=O) groups excluding carboxylic acids is 1. The first-order valence-corrected chi connectivity index (χ1v) is 8.28. The lowest BCUT2D eigenvalue weighted by Gasteiger charge is -2.13. The molecule has 8 nitrogen and oxygen atoms in total. The monoisotopic (exact) mass is 343 g/mol. The Balaban J connectivity index is 1.47. The van der Waals surface area contributed by atoms with Crippen molar-refractivity contribution in [1.29, 1.82) is 0 Å². The van der Waals surface area contributed by atoms with Crippen molar-refractivity contribution in [1.82, 2.24) is 30.0 Å². The maximum atomic E-state index is 11.9. The lowest BCUT2D eigenvalue weighted by molar-refractivity contribution is 0.250. The van der Waals surface area contributed by atoms with Crippen LogP contribution in [0.1, 0.15) is 6.92 Å². The molecular weight excluding hydrogens is 326 g/mol. The highest BCUT2D eigenvalue weighted by Crippen LogP contribution is 2.24. The number of amides is 2. The van der Waals surface area contributed by atoms with Gasteiger partial charge in [-0.25, -0.2) is 9.78 Å². The Morgan fingerprint density at radius 2 is 2.25 bits per heavy atom. The summed E-state index contributed by atoms with van der Waals surface area (Å²) < 4.78 is 1.98. The molecule has 0 unspecified atom stereocenters. The Labute approximate surface area is 143 Å². The fourth-order valence-electron chi connectivity index (χ4n) is 2.09. The lowest BCUT2D eigenvalue weighted by atomic mass is 10.2. The Morgan fingerprint density at radius 1 is 1.33 bits per heavy atom. The van der Waals surface area contributed by atoms with Gasteiger partial charge in [-0.15, -0.1) is 10.2 Å². The molecule has 0 aromatic carbocycles. The summed E-state index contributed by atoms with van der Waals surface area (Å²) in [6, 6.07) is 5.27. The first-order chi connectivity index (χ1) is 11.7. The highest BCUT2D eigenvalue weighted by atomic mass is 32.1. The Kier molecular flexibility index (Phi) is 5.12. The number of carbonyl (C=O) groups is 1. The van der Waals surface area contributed by atoms with Gasteiger partial charge in [-0.05, 0) is 18.1 Å². The van der Waals surface area contributed by atoms with E-state index < -0.39 is 0 Å². The molecule has 0 fully saturated rings. The number of hydrogen-bond donors (Lipinski definition) is 2. The van der Waals surface area contributed by atoms with Crippen LogP contribution >= 0.6 is 11.3 Å². The first-order valence-electron chi connectivity index (χ1n) is 7.46. The minimum atomic E-state index is -0.295. The van der Waals surface area contributed by atoms with Crippen LogP contribution in [0.2, 0.25) is 0 Å². The van der Waals surface area contributed by atoms with E-state index in [2.05, 4.69) is 37.7 Å². The number of urea groups is 1. The normalized spacial score (nSPS) is 11.9. The number of pyridine rings is 1. The quantitative estimate of drug-likeness (QED) is 0.715. The molecule has 0 radical (unpaired) electrons. The van der Waals surface area contributed by atoms with Crippen LogP contribution in [0.5, 0.6) is 0 Å². The van der Waals surface area contributed by atoms with E-state index in [9.17, 15) is 4.79 Å². The molecule has 9 heteroatoms. The number of hydrogen-bond acceptors (Lipinski definition) is 6. The summed E-state index contributed by atoms with van der Waals surface area (Å²) >= 11 is 1.28. The maximum absolute atomic E-state index is 11.9. The van der Waals surface area contributed by atoms with Crippen molar-refractivity contribution >= 4 is 22.5 Å². The molecule has 0 saturated heterocycles. The number of aromatic nitrogens is 5. The highest BCUT2D eigenvalue weighted by molar-refractivity contribution is 7.18. The number of imidazole rings is 1. The lowest BCUT2D eigenvalue weighted by Crippen LogP contribution is -2.33. The van der Waals surface area contributed by atoms with Crippen molar-refractivity contribution in [3.63, 3.8) is 0 Å². The molecule has 2 N–H and O–H groups in total. The molecular formula is C15H17N7OS. The van der Waals surface area contributed by atoms with Gasteiger partial charge in [0, 0.05) is 31.7 Å². The molecule has 3 rings (SSSR count). The molecule has 3 aromatic heterocycles. The van der Waals surface area contributed by atoms with E-state index in [1.54, 1.807) is 18.7 Å². The molecule has 0 aliphatic heterocycles. The van der Waals surface area contributed by atoms with Crippen LogP contribution in [-0.2, 0) is 6.54 Å². The molecule has 2 amide bonds. The van der Waals surface area contributed by atoms with Crippen LogP contribution in [0, 0.1) is 5.92 Å². The maximum Gasteiger partial charge on any atom is 0.321 e. The van der Waals surface area contributed by atoms with Crippen molar-refractivity contribution < 1.29 is 4.79 Å². The average Bonchev–Trinajstić information content (AvgIpc) is 3.26. The van der Waals surface area contributed by atoms with E-state index in [1.807, 2.05) is 29.0 Å². The number of nitrogens with one attached hydrogen (secondary N) is 2. The topological polar surface area (TPSA) is 97.6 Å². The third-order valence-electron chi connectivity index (χ3n) is 3.22. The molecule has 0 saturated carbocycles. The summed E-state index contributed by atoms with van der Waals surface area (Å²) in [6.07, 6.45) is 7.09. The standard InChI is InChI=1S/C15H17N7OS/c1-11(9-22-7-6-16-10-22)8-18-14(23)19-15-21-20-13(24-15)12-4-2-3-5-17-12/h2-7,10-11H,8-9H2,1H3,(H2,18,19,21,23)/t11-/m1/s1. The van der Waals surface area contributed by atoms with Gasteiger partial charge >= 0.3 is 6.03 Å². The Bertz CT molecular complexity index is 772. The van der Waals surface area contributed by atoms with Gasteiger partial charge in [-0.1, -0.05) is 24.3 Å². The van der Waals surface area contributed by atoms with Gasteiger partial charge in [0.2, 0.25) is 5.13 Å². The molecule has 1 atom stereocenters. The zero-order valence-electron chi connectivity index (χ0n) is 13.1. The van der Waals surface area contributed by atoms with Crippen LogP contribution < -0.4 is 10.6 Å². The van der Waals surface area contributed by atoms with E-state index >= 15 is 0 Å². The minimum Gasteiger partial charge on any atom is -0.337 e. The summed E-state index contributed by atoms with van der Waals surface area (Å²) in [5, 5.41) is 14.6. The highest BCUT2D eigenvalue weighted by Gasteiger charge is 2.11. The molecule has 0 aliphatic rings. The zero-order chi connectivity index (χ0) is 16.8. The predicted octanol–water partition coefficient (Wildman–Crippen LogP) is 2.25. The molecule has 124 valence electrons. The van der Waals surface area contributed by atoms with Crippen LogP contribution in [0.25, 0.3) is 10.7 Å². The smallest absolute Gasteiger partial charge is 0.321 e. The largest absolute Gasteiger partial charge is 0.337 e. The average molecular weight is 343 g/mol. The van der Waals surface area contributed by atoms with Crippen LogP contribution in [0.3, 0.4) is 0 Å². The predicted molar refractivity (Wildman–Crippen MR) is 91.6 cm³/mol. The van der Waals surface area contributed by atoms with E-state index in [0.717, 1.165) is 12.2 Å². The third kappa shape index (κ3) is 4.35. The summed E-state index contributed by atoms with van der Waals surface area (Å²) in [6.45, 7) is 3.41. The van der Waals surface area contributed by atoms with Crippen molar-refractivity contribution in [3.05, 3.63) is 43.1 Å². The fourth-order valence-corrected chi connectivity index (χ4v) is 2.81. The van der Waals surface area contributed by atoms with Crippen molar-refractivity contribution in [2.75, 3.05) is 11.9 Å².